The van der Waals surface area contributed by atoms with E-state index in [9.17, 15) is 9.18 Å². The van der Waals surface area contributed by atoms with Crippen LogP contribution in [0.1, 0.15) is 30.9 Å². The Kier molecular flexibility index (Phi) is 4.60. The van der Waals surface area contributed by atoms with Crippen molar-refractivity contribution in [2.45, 2.75) is 38.4 Å². The third kappa shape index (κ3) is 3.39. The topological polar surface area (TPSA) is 79.2 Å². The molecule has 3 aromatic rings. The van der Waals surface area contributed by atoms with Crippen LogP contribution in [0.15, 0.2) is 42.9 Å². The first-order valence-corrected chi connectivity index (χ1v) is 10.4. The Balaban J connectivity index is 1.29. The van der Waals surface area contributed by atoms with Crippen LogP contribution < -0.4 is 15.1 Å². The third-order valence-electron chi connectivity index (χ3n) is 6.17. The van der Waals surface area contributed by atoms with Gasteiger partial charge in [0.25, 0.3) is 5.91 Å². The van der Waals surface area contributed by atoms with E-state index < -0.39 is 5.54 Å². The van der Waals surface area contributed by atoms with Gasteiger partial charge in [0.2, 0.25) is 5.95 Å². The number of carbonyl (C=O) groups excluding carboxylic acids is 1. The van der Waals surface area contributed by atoms with Gasteiger partial charge in [-0.3, -0.25) is 9.48 Å². The number of anilines is 3. The second-order valence-electron chi connectivity index (χ2n) is 8.32. The lowest BCUT2D eigenvalue weighted by molar-refractivity contribution is -0.123. The molecular weight excluding hydrogens is 397 g/mol. The molecule has 1 N–H and O–H groups in total. The second kappa shape index (κ2) is 7.33. The molecular formula is C22H24FN7O. The van der Waals surface area contributed by atoms with Crippen LogP contribution in [0.5, 0.6) is 0 Å². The average molecular weight is 421 g/mol. The van der Waals surface area contributed by atoms with E-state index in [0.29, 0.717) is 19.0 Å². The molecule has 0 saturated carbocycles. The molecule has 1 fully saturated rings. The van der Waals surface area contributed by atoms with Crippen LogP contribution in [0.3, 0.4) is 0 Å². The molecule has 160 valence electrons. The molecule has 4 heterocycles. The van der Waals surface area contributed by atoms with Crippen LogP contribution in [0.2, 0.25) is 0 Å². The van der Waals surface area contributed by atoms with Crippen molar-refractivity contribution in [3.05, 3.63) is 59.8 Å². The number of hydrogen-bond acceptors (Lipinski definition) is 6. The number of nitrogens with zero attached hydrogens (tertiary/aromatic N) is 6. The van der Waals surface area contributed by atoms with Crippen LogP contribution in [0.25, 0.3) is 0 Å². The summed E-state index contributed by atoms with van der Waals surface area (Å²) in [6.45, 7) is 3.90. The van der Waals surface area contributed by atoms with Crippen LogP contribution in [-0.4, -0.2) is 44.8 Å². The number of hydrogen-bond donors (Lipinski definition) is 1. The zero-order valence-electron chi connectivity index (χ0n) is 17.5. The summed E-state index contributed by atoms with van der Waals surface area (Å²) >= 11 is 0. The summed E-state index contributed by atoms with van der Waals surface area (Å²) in [6, 6.07) is 6.41. The summed E-state index contributed by atoms with van der Waals surface area (Å²) in [5.74, 6) is 1.16. The van der Waals surface area contributed by atoms with Gasteiger partial charge in [-0.25, -0.2) is 9.37 Å². The summed E-state index contributed by atoms with van der Waals surface area (Å²) in [6.07, 6.45) is 7.24. The van der Waals surface area contributed by atoms with Gasteiger partial charge in [-0.05, 0) is 37.5 Å². The maximum Gasteiger partial charge on any atom is 0.252 e. The van der Waals surface area contributed by atoms with E-state index in [1.165, 1.54) is 12.1 Å². The van der Waals surface area contributed by atoms with Crippen molar-refractivity contribution in [3.8, 4) is 0 Å². The van der Waals surface area contributed by atoms with E-state index >= 15 is 0 Å². The number of nitrogens with one attached hydrogen (secondary N) is 1. The Bertz CT molecular complexity index is 1130. The van der Waals surface area contributed by atoms with E-state index in [-0.39, 0.29) is 11.7 Å². The van der Waals surface area contributed by atoms with Gasteiger partial charge < -0.3 is 15.1 Å². The minimum atomic E-state index is -0.533. The molecule has 9 heteroatoms. The van der Waals surface area contributed by atoms with Crippen molar-refractivity contribution in [2.75, 3.05) is 28.7 Å². The van der Waals surface area contributed by atoms with Gasteiger partial charge in [-0.15, -0.1) is 0 Å². The highest BCUT2D eigenvalue weighted by atomic mass is 19.1. The van der Waals surface area contributed by atoms with Crippen LogP contribution in [-0.2, 0) is 17.9 Å². The number of fused-ring (bicyclic) bond motifs is 3. The van der Waals surface area contributed by atoms with Gasteiger partial charge in [0.15, 0.2) is 5.82 Å². The van der Waals surface area contributed by atoms with Crippen molar-refractivity contribution in [2.24, 2.45) is 0 Å². The SMILES string of the molecule is CN1C(=O)[C@]2(C)CCCN2c2nc(NCc3cnn(Cc4ccc(F)cc4)c3)ncc21. The summed E-state index contributed by atoms with van der Waals surface area (Å²) in [5.41, 5.74) is 2.17. The van der Waals surface area contributed by atoms with Crippen LogP contribution in [0.4, 0.5) is 21.8 Å². The fourth-order valence-electron chi connectivity index (χ4n) is 4.42. The third-order valence-corrected chi connectivity index (χ3v) is 6.17. The van der Waals surface area contributed by atoms with E-state index in [2.05, 4.69) is 20.3 Å². The molecule has 2 aliphatic rings. The Morgan fingerprint density at radius 2 is 2.00 bits per heavy atom. The minimum Gasteiger partial charge on any atom is -0.350 e. The number of benzene rings is 1. The smallest absolute Gasteiger partial charge is 0.252 e. The Morgan fingerprint density at radius 1 is 1.19 bits per heavy atom. The average Bonchev–Trinajstić information content (AvgIpc) is 3.39. The predicted molar refractivity (Wildman–Crippen MR) is 115 cm³/mol. The quantitative estimate of drug-likeness (QED) is 0.683. The normalized spacial score (nSPS) is 20.0. The summed E-state index contributed by atoms with van der Waals surface area (Å²) in [7, 11) is 1.79. The molecule has 2 aromatic heterocycles. The first-order valence-electron chi connectivity index (χ1n) is 10.4. The largest absolute Gasteiger partial charge is 0.350 e. The summed E-state index contributed by atoms with van der Waals surface area (Å²) in [5, 5.41) is 7.64. The van der Waals surface area contributed by atoms with E-state index in [0.717, 1.165) is 42.0 Å². The van der Waals surface area contributed by atoms with Gasteiger partial charge in [-0.2, -0.15) is 10.1 Å². The monoisotopic (exact) mass is 421 g/mol. The highest BCUT2D eigenvalue weighted by Gasteiger charge is 2.50. The molecule has 1 amide bonds. The number of rotatable bonds is 5. The Hall–Kier alpha value is -3.49. The lowest BCUT2D eigenvalue weighted by Gasteiger charge is -2.43. The molecule has 1 saturated heterocycles. The summed E-state index contributed by atoms with van der Waals surface area (Å²) in [4.78, 5) is 25.7. The highest BCUT2D eigenvalue weighted by molar-refractivity contribution is 6.07. The molecule has 31 heavy (non-hydrogen) atoms. The maximum atomic E-state index is 13.1. The van der Waals surface area contributed by atoms with Gasteiger partial charge in [0, 0.05) is 31.9 Å². The standard InChI is InChI=1S/C22H24FN7O/c1-22-8-3-9-30(22)19-18(28(2)20(22)31)12-25-21(27-19)24-10-16-11-26-29(14-16)13-15-4-6-17(23)7-5-15/h4-7,11-12,14H,3,8-10,13H2,1-2H3,(H,24,25,27)/t22-/m0/s1. The van der Waals surface area contributed by atoms with Gasteiger partial charge in [-0.1, -0.05) is 12.1 Å². The van der Waals surface area contributed by atoms with E-state index in [1.54, 1.807) is 36.5 Å². The molecule has 1 aromatic carbocycles. The Labute approximate surface area is 179 Å². The lowest BCUT2D eigenvalue weighted by Crippen LogP contribution is -2.58. The van der Waals surface area contributed by atoms with Crippen LogP contribution in [0, 0.1) is 5.82 Å². The number of likely N-dealkylation sites (N-methyl/N-ethyl adjacent to an activating group) is 1. The van der Waals surface area contributed by atoms with Crippen molar-refractivity contribution >= 4 is 23.4 Å². The molecule has 0 spiro atoms. The van der Waals surface area contributed by atoms with Crippen molar-refractivity contribution in [3.63, 3.8) is 0 Å². The first-order chi connectivity index (χ1) is 14.9. The maximum absolute atomic E-state index is 13.1. The van der Waals surface area contributed by atoms with Crippen molar-refractivity contribution in [1.82, 2.24) is 19.7 Å². The molecule has 0 aliphatic carbocycles. The predicted octanol–water partition coefficient (Wildman–Crippen LogP) is 2.81. The molecule has 0 radical (unpaired) electrons. The highest BCUT2D eigenvalue weighted by Crippen LogP contribution is 2.43. The lowest BCUT2D eigenvalue weighted by atomic mass is 9.94. The number of halogens is 1. The molecule has 8 nitrogen and oxygen atoms in total. The number of aromatic nitrogens is 4. The molecule has 0 bridgehead atoms. The first kappa shape index (κ1) is 19.5. The van der Waals surface area contributed by atoms with Crippen molar-refractivity contribution in [1.29, 1.82) is 0 Å². The second-order valence-corrected chi connectivity index (χ2v) is 8.32. The number of carbonyl (C=O) groups is 1. The van der Waals surface area contributed by atoms with Gasteiger partial charge in [0.05, 0.1) is 18.9 Å². The number of amides is 1. The Morgan fingerprint density at radius 3 is 2.81 bits per heavy atom. The zero-order valence-corrected chi connectivity index (χ0v) is 17.5. The molecule has 2 aliphatic heterocycles. The molecule has 5 rings (SSSR count). The molecule has 0 unspecified atom stereocenters. The van der Waals surface area contributed by atoms with E-state index in [4.69, 9.17) is 4.98 Å². The van der Waals surface area contributed by atoms with Gasteiger partial charge >= 0.3 is 0 Å². The minimum absolute atomic E-state index is 0.0929. The fourth-order valence-corrected chi connectivity index (χ4v) is 4.42. The van der Waals surface area contributed by atoms with Gasteiger partial charge in [0.1, 0.15) is 17.0 Å². The molecule has 1 atom stereocenters. The fraction of sp³-hybridized carbons (Fsp3) is 0.364. The van der Waals surface area contributed by atoms with E-state index in [1.807, 2.05) is 17.8 Å². The van der Waals surface area contributed by atoms with Crippen LogP contribution >= 0.6 is 0 Å². The zero-order chi connectivity index (χ0) is 21.6. The summed E-state index contributed by atoms with van der Waals surface area (Å²) < 4.78 is 14.9. The van der Waals surface area contributed by atoms with Crippen molar-refractivity contribution < 1.29 is 9.18 Å².